The number of nitrogens with zero attached hydrogens (tertiary/aromatic N) is 2. The summed E-state index contributed by atoms with van der Waals surface area (Å²) in [6.07, 6.45) is 0. The molecule has 0 bridgehead atoms. The van der Waals surface area contributed by atoms with Gasteiger partial charge in [-0.05, 0) is 24.3 Å². The molecule has 2 aromatic rings. The van der Waals surface area contributed by atoms with Crippen LogP contribution in [0.5, 0.6) is 6.01 Å². The molecular formula is C11H9ClFN3O. The van der Waals surface area contributed by atoms with Gasteiger partial charge in [0.25, 0.3) is 0 Å². The molecule has 0 atom stereocenters. The molecule has 0 aliphatic heterocycles. The first-order chi connectivity index (χ1) is 8.17. The average Bonchev–Trinajstić information content (AvgIpc) is 2.31. The molecule has 1 heterocycles. The smallest absolute Gasteiger partial charge is 0.319 e. The Balaban J connectivity index is 2.23. The summed E-state index contributed by atoms with van der Waals surface area (Å²) >= 11 is 5.79. The summed E-state index contributed by atoms with van der Waals surface area (Å²) in [4.78, 5) is 7.89. The SMILES string of the molecule is COc1nc(Cl)cc(Nc2ccc(F)cc2)n1. The molecule has 2 rings (SSSR count). The second kappa shape index (κ2) is 4.97. The lowest BCUT2D eigenvalue weighted by molar-refractivity contribution is 0.380. The third-order valence-corrected chi connectivity index (χ3v) is 2.17. The van der Waals surface area contributed by atoms with Gasteiger partial charge in [0, 0.05) is 11.8 Å². The molecule has 0 amide bonds. The van der Waals surface area contributed by atoms with Crippen molar-refractivity contribution in [3.63, 3.8) is 0 Å². The van der Waals surface area contributed by atoms with Gasteiger partial charge in [0.05, 0.1) is 7.11 Å². The van der Waals surface area contributed by atoms with Crippen molar-refractivity contribution in [1.82, 2.24) is 9.97 Å². The van der Waals surface area contributed by atoms with Gasteiger partial charge < -0.3 is 10.1 Å². The summed E-state index contributed by atoms with van der Waals surface area (Å²) in [5, 5.41) is 3.23. The minimum absolute atomic E-state index is 0.169. The number of hydrogen-bond donors (Lipinski definition) is 1. The molecule has 0 aliphatic carbocycles. The van der Waals surface area contributed by atoms with Crippen LogP contribution < -0.4 is 10.1 Å². The van der Waals surface area contributed by atoms with Gasteiger partial charge in [0.2, 0.25) is 0 Å². The van der Waals surface area contributed by atoms with E-state index in [0.717, 1.165) is 0 Å². The second-order valence-electron chi connectivity index (χ2n) is 3.19. The minimum Gasteiger partial charge on any atom is -0.467 e. The Labute approximate surface area is 102 Å². The zero-order chi connectivity index (χ0) is 12.3. The third-order valence-electron chi connectivity index (χ3n) is 1.97. The van der Waals surface area contributed by atoms with E-state index in [2.05, 4.69) is 15.3 Å². The highest BCUT2D eigenvalue weighted by Crippen LogP contribution is 2.19. The van der Waals surface area contributed by atoms with Crippen LogP contribution in [0.2, 0.25) is 5.15 Å². The average molecular weight is 254 g/mol. The highest BCUT2D eigenvalue weighted by Gasteiger charge is 2.03. The third kappa shape index (κ3) is 3.04. The largest absolute Gasteiger partial charge is 0.467 e. The molecule has 0 aliphatic rings. The number of halogens is 2. The Kier molecular flexibility index (Phi) is 3.39. The number of hydrogen-bond acceptors (Lipinski definition) is 4. The summed E-state index contributed by atoms with van der Waals surface area (Å²) in [6.45, 7) is 0. The minimum atomic E-state index is -0.297. The van der Waals surface area contributed by atoms with Gasteiger partial charge in [-0.25, -0.2) is 4.39 Å². The van der Waals surface area contributed by atoms with Crippen LogP contribution in [0.25, 0.3) is 0 Å². The van der Waals surface area contributed by atoms with Crippen molar-refractivity contribution in [1.29, 1.82) is 0 Å². The maximum absolute atomic E-state index is 12.7. The number of rotatable bonds is 3. The van der Waals surface area contributed by atoms with Crippen LogP contribution in [0.4, 0.5) is 15.9 Å². The van der Waals surface area contributed by atoms with E-state index in [-0.39, 0.29) is 17.0 Å². The number of aromatic nitrogens is 2. The quantitative estimate of drug-likeness (QED) is 0.854. The van der Waals surface area contributed by atoms with Crippen molar-refractivity contribution in [3.05, 3.63) is 41.3 Å². The van der Waals surface area contributed by atoms with Crippen molar-refractivity contribution in [3.8, 4) is 6.01 Å². The first-order valence-electron chi connectivity index (χ1n) is 4.78. The van der Waals surface area contributed by atoms with Crippen molar-refractivity contribution in [2.24, 2.45) is 0 Å². The lowest BCUT2D eigenvalue weighted by Crippen LogP contribution is -1.98. The van der Waals surface area contributed by atoms with Crippen LogP contribution in [0, 0.1) is 5.82 Å². The molecule has 17 heavy (non-hydrogen) atoms. The highest BCUT2D eigenvalue weighted by atomic mass is 35.5. The van der Waals surface area contributed by atoms with E-state index in [0.29, 0.717) is 11.5 Å². The molecule has 0 saturated heterocycles. The molecule has 1 aromatic heterocycles. The van der Waals surface area contributed by atoms with E-state index in [4.69, 9.17) is 16.3 Å². The molecule has 4 nitrogen and oxygen atoms in total. The maximum atomic E-state index is 12.7. The fourth-order valence-corrected chi connectivity index (χ4v) is 1.41. The second-order valence-corrected chi connectivity index (χ2v) is 3.58. The van der Waals surface area contributed by atoms with Crippen molar-refractivity contribution >= 4 is 23.1 Å². The predicted octanol–water partition coefficient (Wildman–Crippen LogP) is 3.02. The molecular weight excluding hydrogens is 245 g/mol. The Morgan fingerprint density at radius 1 is 1.24 bits per heavy atom. The number of nitrogens with one attached hydrogen (secondary N) is 1. The summed E-state index contributed by atoms with van der Waals surface area (Å²) in [5.41, 5.74) is 0.697. The molecule has 0 radical (unpaired) electrons. The van der Waals surface area contributed by atoms with Crippen LogP contribution in [-0.4, -0.2) is 17.1 Å². The summed E-state index contributed by atoms with van der Waals surface area (Å²) in [5.74, 6) is 0.183. The van der Waals surface area contributed by atoms with Crippen molar-refractivity contribution in [2.75, 3.05) is 12.4 Å². The zero-order valence-corrected chi connectivity index (χ0v) is 9.70. The molecule has 88 valence electrons. The monoisotopic (exact) mass is 253 g/mol. The first kappa shape index (κ1) is 11.6. The van der Waals surface area contributed by atoms with Crippen LogP contribution in [0.1, 0.15) is 0 Å². The van der Waals surface area contributed by atoms with E-state index in [1.807, 2.05) is 0 Å². The normalized spacial score (nSPS) is 10.1. The zero-order valence-electron chi connectivity index (χ0n) is 8.95. The van der Waals surface area contributed by atoms with Crippen LogP contribution in [0.3, 0.4) is 0 Å². The first-order valence-corrected chi connectivity index (χ1v) is 5.16. The molecule has 6 heteroatoms. The van der Waals surface area contributed by atoms with E-state index in [1.54, 1.807) is 18.2 Å². The van der Waals surface area contributed by atoms with Gasteiger partial charge >= 0.3 is 6.01 Å². The number of benzene rings is 1. The van der Waals surface area contributed by atoms with Gasteiger partial charge in [-0.3, -0.25) is 0 Å². The van der Waals surface area contributed by atoms with Gasteiger partial charge in [-0.1, -0.05) is 11.6 Å². The molecule has 0 fully saturated rings. The highest BCUT2D eigenvalue weighted by molar-refractivity contribution is 6.29. The van der Waals surface area contributed by atoms with E-state index < -0.39 is 0 Å². The van der Waals surface area contributed by atoms with Gasteiger partial charge in [0.1, 0.15) is 16.8 Å². The van der Waals surface area contributed by atoms with Gasteiger partial charge in [-0.2, -0.15) is 9.97 Å². The topological polar surface area (TPSA) is 47.0 Å². The summed E-state index contributed by atoms with van der Waals surface area (Å²) < 4.78 is 17.6. The fourth-order valence-electron chi connectivity index (χ4n) is 1.23. The standard InChI is InChI=1S/C11H9ClFN3O/c1-17-11-15-9(12)6-10(16-11)14-8-4-2-7(13)3-5-8/h2-6H,1H3,(H,14,15,16). The Hall–Kier alpha value is -1.88. The Bertz CT molecular complexity index is 519. The molecule has 0 spiro atoms. The fraction of sp³-hybridized carbons (Fsp3) is 0.0909. The molecule has 0 unspecified atom stereocenters. The lowest BCUT2D eigenvalue weighted by Gasteiger charge is -2.06. The van der Waals surface area contributed by atoms with Crippen molar-refractivity contribution < 1.29 is 9.13 Å². The van der Waals surface area contributed by atoms with Crippen LogP contribution in [-0.2, 0) is 0 Å². The Morgan fingerprint density at radius 3 is 2.59 bits per heavy atom. The number of anilines is 2. The molecule has 1 aromatic carbocycles. The van der Waals surface area contributed by atoms with Gasteiger partial charge in [-0.15, -0.1) is 0 Å². The van der Waals surface area contributed by atoms with E-state index in [9.17, 15) is 4.39 Å². The maximum Gasteiger partial charge on any atom is 0.319 e. The van der Waals surface area contributed by atoms with E-state index >= 15 is 0 Å². The number of methoxy groups -OCH3 is 1. The molecule has 1 N–H and O–H groups in total. The van der Waals surface area contributed by atoms with Crippen LogP contribution >= 0.6 is 11.6 Å². The van der Waals surface area contributed by atoms with Crippen molar-refractivity contribution in [2.45, 2.75) is 0 Å². The number of ether oxygens (including phenoxy) is 1. The van der Waals surface area contributed by atoms with Gasteiger partial charge in [0.15, 0.2) is 0 Å². The van der Waals surface area contributed by atoms with Crippen LogP contribution in [0.15, 0.2) is 30.3 Å². The lowest BCUT2D eigenvalue weighted by atomic mass is 10.3. The molecule has 0 saturated carbocycles. The predicted molar refractivity (Wildman–Crippen MR) is 63.3 cm³/mol. The van der Waals surface area contributed by atoms with E-state index in [1.165, 1.54) is 19.2 Å². The Morgan fingerprint density at radius 2 is 1.94 bits per heavy atom. The summed E-state index contributed by atoms with van der Waals surface area (Å²) in [7, 11) is 1.45. The summed E-state index contributed by atoms with van der Waals surface area (Å²) in [6, 6.07) is 7.61.